The number of anilines is 2. The number of nitrogens with one attached hydrogen (secondary N) is 2. The molecule has 0 fully saturated rings. The van der Waals surface area contributed by atoms with E-state index in [9.17, 15) is 4.79 Å². The van der Waals surface area contributed by atoms with Gasteiger partial charge in [0.15, 0.2) is 0 Å². The fourth-order valence-corrected chi connectivity index (χ4v) is 3.04. The second-order valence-corrected chi connectivity index (χ2v) is 6.12. The van der Waals surface area contributed by atoms with Crippen molar-refractivity contribution in [2.24, 2.45) is 0 Å². The van der Waals surface area contributed by atoms with Crippen LogP contribution in [0.5, 0.6) is 0 Å². The number of hydrogen-bond acceptors (Lipinski definition) is 5. The lowest BCUT2D eigenvalue weighted by Gasteiger charge is -2.09. The predicted octanol–water partition coefficient (Wildman–Crippen LogP) is 3.52. The van der Waals surface area contributed by atoms with Gasteiger partial charge in [-0.15, -0.1) is 11.3 Å². The fraction of sp³-hybridized carbons (Fsp3) is 0. The molecule has 0 aliphatic heterocycles. The summed E-state index contributed by atoms with van der Waals surface area (Å²) in [6.45, 7) is 0. The minimum atomic E-state index is -0.306. The van der Waals surface area contributed by atoms with Crippen molar-refractivity contribution in [3.8, 4) is 10.4 Å². The summed E-state index contributed by atoms with van der Waals surface area (Å²) >= 11 is 1.53. The predicted molar refractivity (Wildman–Crippen MR) is 96.0 cm³/mol. The first-order chi connectivity index (χ1) is 11.7. The zero-order valence-corrected chi connectivity index (χ0v) is 13.3. The molecule has 0 bridgehead atoms. The summed E-state index contributed by atoms with van der Waals surface area (Å²) in [6.07, 6.45) is 3.57. The largest absolute Gasteiger partial charge is 0.397 e. The minimum Gasteiger partial charge on any atom is -0.397 e. The number of nitrogen functional groups attached to an aromatic ring is 1. The molecule has 0 radical (unpaired) electrons. The number of aromatic nitrogens is 3. The van der Waals surface area contributed by atoms with Crippen molar-refractivity contribution < 1.29 is 4.79 Å². The number of rotatable bonds is 3. The minimum absolute atomic E-state index is 0.306. The number of carbonyl (C=O) groups is 1. The Morgan fingerprint density at radius 1 is 1.21 bits per heavy atom. The van der Waals surface area contributed by atoms with Crippen molar-refractivity contribution in [2.75, 3.05) is 11.1 Å². The molecule has 3 aromatic heterocycles. The summed E-state index contributed by atoms with van der Waals surface area (Å²) in [7, 11) is 0. The Labute approximate surface area is 141 Å². The van der Waals surface area contributed by atoms with E-state index in [0.29, 0.717) is 22.7 Å². The number of amides is 1. The van der Waals surface area contributed by atoms with E-state index < -0.39 is 0 Å². The molecule has 0 unspecified atom stereocenters. The summed E-state index contributed by atoms with van der Waals surface area (Å²) in [5.41, 5.74) is 10.8. The molecule has 7 heteroatoms. The molecule has 1 amide bonds. The molecule has 0 saturated carbocycles. The molecule has 0 aliphatic carbocycles. The fourth-order valence-electron chi connectivity index (χ4n) is 2.42. The van der Waals surface area contributed by atoms with Gasteiger partial charge in [-0.25, -0.2) is 4.98 Å². The number of pyridine rings is 1. The van der Waals surface area contributed by atoms with Crippen LogP contribution in [0.25, 0.3) is 21.5 Å². The Balaban J connectivity index is 1.64. The van der Waals surface area contributed by atoms with Crippen LogP contribution in [-0.4, -0.2) is 20.9 Å². The van der Waals surface area contributed by atoms with Gasteiger partial charge in [-0.2, -0.15) is 0 Å². The third-order valence-corrected chi connectivity index (χ3v) is 4.48. The van der Waals surface area contributed by atoms with Crippen molar-refractivity contribution in [2.45, 2.75) is 0 Å². The van der Waals surface area contributed by atoms with Gasteiger partial charge in [0.25, 0.3) is 5.91 Å². The zero-order valence-electron chi connectivity index (χ0n) is 12.5. The maximum atomic E-state index is 12.5. The number of carbonyl (C=O) groups excluding carboxylic acids is 1. The van der Waals surface area contributed by atoms with E-state index >= 15 is 0 Å². The van der Waals surface area contributed by atoms with Gasteiger partial charge >= 0.3 is 0 Å². The van der Waals surface area contributed by atoms with Gasteiger partial charge in [0.2, 0.25) is 0 Å². The maximum absolute atomic E-state index is 12.5. The van der Waals surface area contributed by atoms with E-state index in [1.54, 1.807) is 30.0 Å². The number of H-pyrrole nitrogens is 1. The molecule has 3 heterocycles. The van der Waals surface area contributed by atoms with Gasteiger partial charge < -0.3 is 16.0 Å². The number of nitrogens with zero attached hydrogens (tertiary/aromatic N) is 2. The Morgan fingerprint density at radius 3 is 2.96 bits per heavy atom. The summed E-state index contributed by atoms with van der Waals surface area (Å²) in [5.74, 6) is -0.306. The number of fused-ring (bicyclic) bond motifs is 1. The number of thiazole rings is 1. The van der Waals surface area contributed by atoms with Crippen molar-refractivity contribution in [1.29, 1.82) is 0 Å². The highest BCUT2D eigenvalue weighted by molar-refractivity contribution is 7.13. The monoisotopic (exact) mass is 335 g/mol. The Bertz CT molecular complexity index is 1020. The summed E-state index contributed by atoms with van der Waals surface area (Å²) in [5, 5.41) is 3.79. The second-order valence-electron chi connectivity index (χ2n) is 5.23. The lowest BCUT2D eigenvalue weighted by molar-refractivity contribution is 0.102. The highest BCUT2D eigenvalue weighted by Gasteiger charge is 2.12. The molecule has 0 aliphatic rings. The normalized spacial score (nSPS) is 10.8. The average Bonchev–Trinajstić information content (AvgIpc) is 3.27. The van der Waals surface area contributed by atoms with Gasteiger partial charge in [-0.1, -0.05) is 6.07 Å². The molecule has 1 aromatic carbocycles. The smallest absolute Gasteiger partial charge is 0.274 e. The van der Waals surface area contributed by atoms with E-state index in [1.165, 1.54) is 11.3 Å². The second kappa shape index (κ2) is 5.78. The van der Waals surface area contributed by atoms with Crippen LogP contribution in [0.1, 0.15) is 10.5 Å². The molecule has 0 saturated heterocycles. The van der Waals surface area contributed by atoms with Crippen LogP contribution < -0.4 is 11.1 Å². The van der Waals surface area contributed by atoms with Crippen molar-refractivity contribution in [3.63, 3.8) is 0 Å². The lowest BCUT2D eigenvalue weighted by Crippen LogP contribution is -2.14. The van der Waals surface area contributed by atoms with Crippen molar-refractivity contribution >= 4 is 39.7 Å². The van der Waals surface area contributed by atoms with Gasteiger partial charge in [0.05, 0.1) is 21.8 Å². The average molecular weight is 335 g/mol. The first-order valence-corrected chi connectivity index (χ1v) is 8.12. The third kappa shape index (κ3) is 2.61. The Kier molecular flexibility index (Phi) is 3.47. The van der Waals surface area contributed by atoms with Crippen LogP contribution in [0.4, 0.5) is 11.4 Å². The van der Waals surface area contributed by atoms with Crippen LogP contribution in [-0.2, 0) is 0 Å². The highest BCUT2D eigenvalue weighted by Crippen LogP contribution is 2.29. The summed E-state index contributed by atoms with van der Waals surface area (Å²) < 4.78 is 0. The standard InChI is InChI=1S/C17H13N5OS/c18-12-3-1-11(15-8-19-9-24-15)7-14(12)22-17(23)13-4-2-10-5-6-20-16(10)21-13/h1-9H,18H2,(H,20,21)(H,22,23). The number of hydrogen-bond donors (Lipinski definition) is 3. The molecule has 0 spiro atoms. The van der Waals surface area contributed by atoms with Gasteiger partial charge in [0, 0.05) is 17.8 Å². The molecule has 24 heavy (non-hydrogen) atoms. The number of aromatic amines is 1. The van der Waals surface area contributed by atoms with Crippen LogP contribution in [0.2, 0.25) is 0 Å². The Morgan fingerprint density at radius 2 is 2.12 bits per heavy atom. The van der Waals surface area contributed by atoms with Gasteiger partial charge in [0.1, 0.15) is 11.3 Å². The molecule has 4 rings (SSSR count). The molecular formula is C17H13N5OS. The van der Waals surface area contributed by atoms with E-state index in [-0.39, 0.29) is 5.91 Å². The van der Waals surface area contributed by atoms with Crippen molar-refractivity contribution in [1.82, 2.24) is 15.0 Å². The summed E-state index contributed by atoms with van der Waals surface area (Å²) in [6, 6.07) is 11.0. The van der Waals surface area contributed by atoms with Crippen molar-refractivity contribution in [3.05, 3.63) is 60.0 Å². The van der Waals surface area contributed by atoms with Crippen LogP contribution in [0.3, 0.4) is 0 Å². The first-order valence-electron chi connectivity index (χ1n) is 7.24. The van der Waals surface area contributed by atoms with Crippen LogP contribution in [0.15, 0.2) is 54.3 Å². The SMILES string of the molecule is Nc1ccc(-c2cncs2)cc1NC(=O)c1ccc2cc[nH]c2n1. The van der Waals surface area contributed by atoms with Gasteiger partial charge in [-0.3, -0.25) is 9.78 Å². The molecule has 6 nitrogen and oxygen atoms in total. The lowest BCUT2D eigenvalue weighted by atomic mass is 10.1. The van der Waals surface area contributed by atoms with Gasteiger partial charge in [-0.05, 0) is 35.9 Å². The van der Waals surface area contributed by atoms with E-state index in [0.717, 1.165) is 15.8 Å². The molecular weight excluding hydrogens is 322 g/mol. The van der Waals surface area contributed by atoms with E-state index in [2.05, 4.69) is 20.3 Å². The number of nitrogens with two attached hydrogens (primary N) is 1. The quantitative estimate of drug-likeness (QED) is 0.499. The molecule has 0 atom stereocenters. The summed E-state index contributed by atoms with van der Waals surface area (Å²) in [4.78, 5) is 24.9. The molecule has 4 aromatic rings. The highest BCUT2D eigenvalue weighted by atomic mass is 32.1. The maximum Gasteiger partial charge on any atom is 0.274 e. The van der Waals surface area contributed by atoms with E-state index in [1.807, 2.05) is 24.3 Å². The van der Waals surface area contributed by atoms with Crippen LogP contribution >= 0.6 is 11.3 Å². The third-order valence-electron chi connectivity index (χ3n) is 3.66. The van der Waals surface area contributed by atoms with E-state index in [4.69, 9.17) is 5.73 Å². The molecule has 4 N–H and O–H groups in total. The zero-order chi connectivity index (χ0) is 16.5. The topological polar surface area (TPSA) is 96.7 Å². The molecule has 118 valence electrons. The number of benzene rings is 1. The Hall–Kier alpha value is -3.19. The van der Waals surface area contributed by atoms with Crippen LogP contribution in [0, 0.1) is 0 Å². The first kappa shape index (κ1) is 14.4.